The van der Waals surface area contributed by atoms with Gasteiger partial charge in [0.05, 0.1) is 0 Å². The van der Waals surface area contributed by atoms with Gasteiger partial charge in [0.15, 0.2) is 5.11 Å². The highest BCUT2D eigenvalue weighted by molar-refractivity contribution is 7.80. The molecule has 1 aromatic carbocycles. The number of benzene rings is 1. The van der Waals surface area contributed by atoms with E-state index in [4.69, 9.17) is 12.2 Å². The van der Waals surface area contributed by atoms with Gasteiger partial charge in [-0.1, -0.05) is 0 Å². The van der Waals surface area contributed by atoms with Gasteiger partial charge in [-0.25, -0.2) is 4.39 Å². The first-order valence-corrected chi connectivity index (χ1v) is 4.29. The number of anilines is 1. The summed E-state index contributed by atoms with van der Waals surface area (Å²) < 4.78 is 12.8. The van der Waals surface area contributed by atoms with Crippen molar-refractivity contribution in [1.82, 2.24) is 5.32 Å². The van der Waals surface area contributed by atoms with E-state index < -0.39 is 0 Å². The highest BCUT2D eigenvalue weighted by atomic mass is 32.1. The van der Waals surface area contributed by atoms with Crippen molar-refractivity contribution in [3.8, 4) is 0 Å². The van der Waals surface area contributed by atoms with Crippen molar-refractivity contribution in [2.45, 2.75) is 6.92 Å². The molecule has 0 spiro atoms. The molecule has 0 fully saturated rings. The van der Waals surface area contributed by atoms with Gasteiger partial charge in [0.2, 0.25) is 0 Å². The van der Waals surface area contributed by atoms with Crippen molar-refractivity contribution >= 4 is 23.0 Å². The zero-order valence-corrected chi connectivity index (χ0v) is 8.33. The molecule has 0 atom stereocenters. The minimum atomic E-state index is -0.207. The molecule has 0 unspecified atom stereocenters. The molecule has 70 valence electrons. The van der Waals surface area contributed by atoms with Crippen molar-refractivity contribution in [2.75, 3.05) is 12.4 Å². The molecule has 4 heteroatoms. The van der Waals surface area contributed by atoms with Crippen LogP contribution in [0.1, 0.15) is 5.56 Å². The van der Waals surface area contributed by atoms with Crippen LogP contribution in [0.5, 0.6) is 0 Å². The quantitative estimate of drug-likeness (QED) is 0.675. The molecule has 13 heavy (non-hydrogen) atoms. The van der Waals surface area contributed by atoms with Crippen LogP contribution < -0.4 is 10.6 Å². The summed E-state index contributed by atoms with van der Waals surface area (Å²) in [5.41, 5.74) is 1.39. The lowest BCUT2D eigenvalue weighted by Gasteiger charge is -2.07. The van der Waals surface area contributed by atoms with Gasteiger partial charge in [-0.2, -0.15) is 0 Å². The van der Waals surface area contributed by atoms with E-state index in [0.717, 1.165) is 5.69 Å². The largest absolute Gasteiger partial charge is 0.366 e. The van der Waals surface area contributed by atoms with Crippen LogP contribution in [0.15, 0.2) is 18.2 Å². The first-order chi connectivity index (χ1) is 6.13. The Hall–Kier alpha value is -1.16. The predicted molar refractivity (Wildman–Crippen MR) is 56.4 cm³/mol. The first kappa shape index (κ1) is 9.92. The van der Waals surface area contributed by atoms with Crippen LogP contribution in [0, 0.1) is 12.7 Å². The van der Waals surface area contributed by atoms with E-state index in [2.05, 4.69) is 10.6 Å². The van der Waals surface area contributed by atoms with E-state index in [9.17, 15) is 4.39 Å². The SMILES string of the molecule is CNC(=S)Nc1ccc(F)c(C)c1. The van der Waals surface area contributed by atoms with E-state index in [1.807, 2.05) is 0 Å². The third kappa shape index (κ3) is 2.66. The summed E-state index contributed by atoms with van der Waals surface area (Å²) in [5.74, 6) is -0.207. The summed E-state index contributed by atoms with van der Waals surface area (Å²) in [6.45, 7) is 1.71. The molecule has 0 radical (unpaired) electrons. The first-order valence-electron chi connectivity index (χ1n) is 3.88. The molecule has 0 aliphatic heterocycles. The smallest absolute Gasteiger partial charge is 0.170 e. The molecule has 1 aromatic rings. The maximum absolute atomic E-state index is 12.8. The van der Waals surface area contributed by atoms with E-state index in [1.165, 1.54) is 6.07 Å². The summed E-state index contributed by atoms with van der Waals surface area (Å²) in [6.07, 6.45) is 0. The third-order valence-corrected chi connectivity index (χ3v) is 1.95. The van der Waals surface area contributed by atoms with Crippen molar-refractivity contribution in [3.05, 3.63) is 29.6 Å². The van der Waals surface area contributed by atoms with Gasteiger partial charge in [-0.15, -0.1) is 0 Å². The number of rotatable bonds is 1. The summed E-state index contributed by atoms with van der Waals surface area (Å²) in [6, 6.07) is 4.76. The molecular formula is C9H11FN2S. The molecule has 2 nitrogen and oxygen atoms in total. The lowest BCUT2D eigenvalue weighted by molar-refractivity contribution is 0.619. The average Bonchev–Trinajstić information content (AvgIpc) is 2.11. The second kappa shape index (κ2) is 4.18. The van der Waals surface area contributed by atoms with Crippen molar-refractivity contribution in [2.24, 2.45) is 0 Å². The van der Waals surface area contributed by atoms with Gasteiger partial charge >= 0.3 is 0 Å². The third-order valence-electron chi connectivity index (χ3n) is 1.64. The number of hydrogen-bond donors (Lipinski definition) is 2. The van der Waals surface area contributed by atoms with Gasteiger partial charge in [-0.05, 0) is 42.9 Å². The lowest BCUT2D eigenvalue weighted by atomic mass is 10.2. The van der Waals surface area contributed by atoms with Gasteiger partial charge in [-0.3, -0.25) is 0 Å². The molecule has 0 amide bonds. The fourth-order valence-corrected chi connectivity index (χ4v) is 1.03. The van der Waals surface area contributed by atoms with Crippen molar-refractivity contribution < 1.29 is 4.39 Å². The van der Waals surface area contributed by atoms with Crippen LogP contribution in [0.3, 0.4) is 0 Å². The van der Waals surface area contributed by atoms with Crippen LogP contribution in [0.4, 0.5) is 10.1 Å². The summed E-state index contributed by atoms with van der Waals surface area (Å²) in [4.78, 5) is 0. The molecule has 1 rings (SSSR count). The van der Waals surface area contributed by atoms with E-state index in [0.29, 0.717) is 10.7 Å². The maximum Gasteiger partial charge on any atom is 0.170 e. The average molecular weight is 198 g/mol. The standard InChI is InChI=1S/C9H11FN2S/c1-6-5-7(3-4-8(6)10)12-9(13)11-2/h3-5H,1-2H3,(H2,11,12,13). The summed E-state index contributed by atoms with van der Waals surface area (Å²) in [7, 11) is 1.73. The Balaban J connectivity index is 2.79. The normalized spacial score (nSPS) is 9.46. The molecule has 0 aliphatic rings. The van der Waals surface area contributed by atoms with E-state index in [1.54, 1.807) is 26.1 Å². The summed E-state index contributed by atoms with van der Waals surface area (Å²) >= 11 is 4.90. The monoisotopic (exact) mass is 198 g/mol. The molecule has 0 aliphatic carbocycles. The lowest BCUT2D eigenvalue weighted by Crippen LogP contribution is -2.24. The van der Waals surface area contributed by atoms with Crippen LogP contribution in [0.2, 0.25) is 0 Å². The molecule has 0 heterocycles. The Morgan fingerprint density at radius 3 is 2.69 bits per heavy atom. The number of halogens is 1. The minimum Gasteiger partial charge on any atom is -0.366 e. The number of hydrogen-bond acceptors (Lipinski definition) is 1. The molecule has 0 saturated carbocycles. The number of aryl methyl sites for hydroxylation is 1. The van der Waals surface area contributed by atoms with E-state index in [-0.39, 0.29) is 5.82 Å². The van der Waals surface area contributed by atoms with Crippen molar-refractivity contribution in [1.29, 1.82) is 0 Å². The Bertz CT molecular complexity index is 325. The van der Waals surface area contributed by atoms with E-state index >= 15 is 0 Å². The van der Waals surface area contributed by atoms with Crippen LogP contribution in [0.25, 0.3) is 0 Å². The maximum atomic E-state index is 12.8. The molecular weight excluding hydrogens is 187 g/mol. The van der Waals surface area contributed by atoms with Gasteiger partial charge in [0.1, 0.15) is 5.82 Å². The van der Waals surface area contributed by atoms with Crippen LogP contribution >= 0.6 is 12.2 Å². The Kier molecular flexibility index (Phi) is 3.19. The van der Waals surface area contributed by atoms with Crippen LogP contribution in [-0.4, -0.2) is 12.2 Å². The second-order valence-corrected chi connectivity index (χ2v) is 3.08. The topological polar surface area (TPSA) is 24.1 Å². The Labute approximate surface area is 82.2 Å². The molecule has 0 saturated heterocycles. The fourth-order valence-electron chi connectivity index (χ4n) is 0.916. The Morgan fingerprint density at radius 1 is 1.46 bits per heavy atom. The Morgan fingerprint density at radius 2 is 2.15 bits per heavy atom. The zero-order valence-electron chi connectivity index (χ0n) is 7.52. The van der Waals surface area contributed by atoms with Crippen LogP contribution in [-0.2, 0) is 0 Å². The predicted octanol–water partition coefficient (Wildman–Crippen LogP) is 2.05. The summed E-state index contributed by atoms with van der Waals surface area (Å²) in [5, 5.41) is 6.21. The number of nitrogens with one attached hydrogen (secondary N) is 2. The fraction of sp³-hybridized carbons (Fsp3) is 0.222. The van der Waals surface area contributed by atoms with Gasteiger partial charge in [0.25, 0.3) is 0 Å². The highest BCUT2D eigenvalue weighted by Crippen LogP contribution is 2.13. The second-order valence-electron chi connectivity index (χ2n) is 2.67. The molecule has 0 bridgehead atoms. The van der Waals surface area contributed by atoms with Gasteiger partial charge < -0.3 is 10.6 Å². The minimum absolute atomic E-state index is 0.207. The highest BCUT2D eigenvalue weighted by Gasteiger charge is 1.99. The molecule has 0 aromatic heterocycles. The molecule has 2 N–H and O–H groups in total. The van der Waals surface area contributed by atoms with Crippen molar-refractivity contribution in [3.63, 3.8) is 0 Å². The van der Waals surface area contributed by atoms with Gasteiger partial charge in [0, 0.05) is 12.7 Å². The number of thiocarbonyl (C=S) groups is 1. The zero-order chi connectivity index (χ0) is 9.84.